The number of sulfone groups is 1. The van der Waals surface area contributed by atoms with Crippen molar-refractivity contribution in [2.24, 2.45) is 0 Å². The third-order valence-electron chi connectivity index (χ3n) is 4.00. The van der Waals surface area contributed by atoms with Crippen LogP contribution in [-0.2, 0) is 9.84 Å². The highest BCUT2D eigenvalue weighted by Crippen LogP contribution is 2.30. The molecule has 0 saturated carbocycles. The van der Waals surface area contributed by atoms with Gasteiger partial charge in [0.1, 0.15) is 17.9 Å². The fourth-order valence-corrected chi connectivity index (χ4v) is 3.71. The summed E-state index contributed by atoms with van der Waals surface area (Å²) < 4.78 is 29.2. The third-order valence-corrected chi connectivity index (χ3v) is 5.24. The van der Waals surface area contributed by atoms with Crippen molar-refractivity contribution in [3.8, 4) is 17.0 Å². The molecule has 1 N–H and O–H groups in total. The fraction of sp³-hybridized carbons (Fsp3) is 0.158. The van der Waals surface area contributed by atoms with Crippen molar-refractivity contribution in [1.82, 2.24) is 9.97 Å². The Hall–Kier alpha value is -2.93. The molecule has 0 bridgehead atoms. The molecule has 1 aromatic heterocycles. The van der Waals surface area contributed by atoms with Gasteiger partial charge in [0.15, 0.2) is 9.84 Å². The lowest BCUT2D eigenvalue weighted by molar-refractivity contribution is 0.416. The summed E-state index contributed by atoms with van der Waals surface area (Å²) in [6.45, 7) is 1.76. The van der Waals surface area contributed by atoms with Gasteiger partial charge in [0.25, 0.3) is 0 Å². The van der Waals surface area contributed by atoms with Crippen molar-refractivity contribution in [2.45, 2.75) is 11.8 Å². The second-order valence-electron chi connectivity index (χ2n) is 5.81. The Morgan fingerprint density at radius 3 is 2.54 bits per heavy atom. The predicted octanol–water partition coefficient (Wildman–Crippen LogP) is 3.61. The maximum atomic E-state index is 11.9. The van der Waals surface area contributed by atoms with Crippen molar-refractivity contribution in [3.63, 3.8) is 0 Å². The molecule has 0 aliphatic carbocycles. The predicted molar refractivity (Wildman–Crippen MR) is 102 cm³/mol. The molecule has 0 radical (unpaired) electrons. The molecule has 0 fully saturated rings. The van der Waals surface area contributed by atoms with Gasteiger partial charge >= 0.3 is 0 Å². The van der Waals surface area contributed by atoms with Crippen LogP contribution in [0.1, 0.15) is 5.56 Å². The highest BCUT2D eigenvalue weighted by Gasteiger charge is 2.14. The first-order chi connectivity index (χ1) is 12.4. The lowest BCUT2D eigenvalue weighted by atomic mass is 10.1. The van der Waals surface area contributed by atoms with E-state index in [4.69, 9.17) is 4.74 Å². The molecule has 0 aliphatic rings. The van der Waals surface area contributed by atoms with Crippen LogP contribution in [0.2, 0.25) is 0 Å². The van der Waals surface area contributed by atoms with Crippen LogP contribution in [0.5, 0.6) is 5.75 Å². The molecule has 1 heterocycles. The summed E-state index contributed by atoms with van der Waals surface area (Å²) in [7, 11) is -1.69. The van der Waals surface area contributed by atoms with Gasteiger partial charge in [-0.25, -0.2) is 18.4 Å². The Kier molecular flexibility index (Phi) is 4.90. The molecule has 0 atom stereocenters. The summed E-state index contributed by atoms with van der Waals surface area (Å²) in [4.78, 5) is 8.84. The maximum absolute atomic E-state index is 11.9. The zero-order chi connectivity index (χ0) is 18.7. The van der Waals surface area contributed by atoms with Gasteiger partial charge in [0, 0.05) is 23.6 Å². The van der Waals surface area contributed by atoms with Gasteiger partial charge in [-0.15, -0.1) is 0 Å². The number of para-hydroxylation sites is 1. The Morgan fingerprint density at radius 2 is 1.81 bits per heavy atom. The molecule has 2 aromatic carbocycles. The van der Waals surface area contributed by atoms with Gasteiger partial charge < -0.3 is 10.1 Å². The van der Waals surface area contributed by atoms with Gasteiger partial charge in [0.05, 0.1) is 17.7 Å². The fourth-order valence-electron chi connectivity index (χ4n) is 2.72. The van der Waals surface area contributed by atoms with Crippen molar-refractivity contribution in [1.29, 1.82) is 0 Å². The molecular weight excluding hydrogens is 350 g/mol. The Bertz CT molecular complexity index is 1050. The van der Waals surface area contributed by atoms with Gasteiger partial charge in [0.2, 0.25) is 0 Å². The van der Waals surface area contributed by atoms with Crippen LogP contribution in [-0.4, -0.2) is 31.8 Å². The van der Waals surface area contributed by atoms with E-state index in [-0.39, 0.29) is 0 Å². The molecule has 0 aliphatic heterocycles. The minimum Gasteiger partial charge on any atom is -0.496 e. The largest absolute Gasteiger partial charge is 0.496 e. The number of ether oxygens (including phenoxy) is 1. The first-order valence-electron chi connectivity index (χ1n) is 7.92. The second-order valence-corrected chi connectivity index (χ2v) is 7.80. The number of nitrogens with one attached hydrogen (secondary N) is 1. The second kappa shape index (κ2) is 7.13. The monoisotopic (exact) mass is 369 g/mol. The quantitative estimate of drug-likeness (QED) is 0.740. The van der Waals surface area contributed by atoms with E-state index in [1.807, 2.05) is 30.3 Å². The van der Waals surface area contributed by atoms with Crippen LogP contribution in [0, 0.1) is 6.92 Å². The van der Waals surface area contributed by atoms with Crippen molar-refractivity contribution >= 4 is 21.3 Å². The van der Waals surface area contributed by atoms with E-state index in [1.54, 1.807) is 32.2 Å². The van der Waals surface area contributed by atoms with Crippen LogP contribution in [0.25, 0.3) is 11.3 Å². The van der Waals surface area contributed by atoms with E-state index < -0.39 is 9.84 Å². The molecular formula is C19H19N3O3S. The standard InChI is InChI=1S/C19H19N3O3S/c1-13-15(8-6-10-18(13)26(3,23)24)22-19-11-16(20-12-21-19)14-7-4-5-9-17(14)25-2/h4-12H,1-3H3,(H,20,21,22). The number of hydrogen-bond donors (Lipinski definition) is 1. The number of nitrogens with zero attached hydrogens (tertiary/aromatic N) is 2. The maximum Gasteiger partial charge on any atom is 0.175 e. The van der Waals surface area contributed by atoms with E-state index in [2.05, 4.69) is 15.3 Å². The van der Waals surface area contributed by atoms with Crippen molar-refractivity contribution < 1.29 is 13.2 Å². The minimum atomic E-state index is -3.30. The smallest absolute Gasteiger partial charge is 0.175 e. The van der Waals surface area contributed by atoms with Crippen molar-refractivity contribution in [3.05, 3.63) is 60.4 Å². The highest BCUT2D eigenvalue weighted by atomic mass is 32.2. The van der Waals surface area contributed by atoms with Gasteiger partial charge in [-0.05, 0) is 36.8 Å². The topological polar surface area (TPSA) is 81.2 Å². The molecule has 6 nitrogen and oxygen atoms in total. The van der Waals surface area contributed by atoms with Crippen LogP contribution in [0.4, 0.5) is 11.5 Å². The molecule has 3 rings (SSSR count). The van der Waals surface area contributed by atoms with Crippen molar-refractivity contribution in [2.75, 3.05) is 18.7 Å². The normalized spacial score (nSPS) is 11.2. The molecule has 0 saturated heterocycles. The van der Waals surface area contributed by atoms with Crippen LogP contribution >= 0.6 is 0 Å². The molecule has 7 heteroatoms. The first kappa shape index (κ1) is 17.9. The lowest BCUT2D eigenvalue weighted by Crippen LogP contribution is -2.04. The number of rotatable bonds is 5. The summed E-state index contributed by atoms with van der Waals surface area (Å²) in [6, 6.07) is 14.5. The summed E-state index contributed by atoms with van der Waals surface area (Å²) in [5, 5.41) is 3.18. The number of anilines is 2. The van der Waals surface area contributed by atoms with Gasteiger partial charge in [-0.3, -0.25) is 0 Å². The van der Waals surface area contributed by atoms with Crippen LogP contribution < -0.4 is 10.1 Å². The summed E-state index contributed by atoms with van der Waals surface area (Å²) >= 11 is 0. The van der Waals surface area contributed by atoms with E-state index >= 15 is 0 Å². The number of aromatic nitrogens is 2. The summed E-state index contributed by atoms with van der Waals surface area (Å²) in [5.74, 6) is 1.28. The average molecular weight is 369 g/mol. The van der Waals surface area contributed by atoms with Gasteiger partial charge in [-0.2, -0.15) is 0 Å². The van der Waals surface area contributed by atoms with Crippen LogP contribution in [0.3, 0.4) is 0 Å². The molecule has 0 spiro atoms. The summed E-state index contributed by atoms with van der Waals surface area (Å²) in [5.41, 5.74) is 2.88. The van der Waals surface area contributed by atoms with E-state index in [0.717, 1.165) is 5.56 Å². The molecule has 0 unspecified atom stereocenters. The number of hydrogen-bond acceptors (Lipinski definition) is 6. The molecule has 26 heavy (non-hydrogen) atoms. The van der Waals surface area contributed by atoms with E-state index in [0.29, 0.717) is 33.4 Å². The van der Waals surface area contributed by atoms with E-state index in [9.17, 15) is 8.42 Å². The average Bonchev–Trinajstić information content (AvgIpc) is 2.62. The van der Waals surface area contributed by atoms with Crippen LogP contribution in [0.15, 0.2) is 59.8 Å². The number of benzene rings is 2. The Labute approximate surface area is 152 Å². The lowest BCUT2D eigenvalue weighted by Gasteiger charge is -2.13. The Balaban J connectivity index is 1.98. The zero-order valence-electron chi connectivity index (χ0n) is 14.7. The molecule has 3 aromatic rings. The molecule has 134 valence electrons. The SMILES string of the molecule is COc1ccccc1-c1cc(Nc2cccc(S(C)(=O)=O)c2C)ncn1. The Morgan fingerprint density at radius 1 is 1.04 bits per heavy atom. The highest BCUT2D eigenvalue weighted by molar-refractivity contribution is 7.90. The first-order valence-corrected chi connectivity index (χ1v) is 9.81. The number of methoxy groups -OCH3 is 1. The third kappa shape index (κ3) is 3.67. The molecule has 0 amide bonds. The minimum absolute atomic E-state index is 0.293. The zero-order valence-corrected chi connectivity index (χ0v) is 15.5. The summed E-state index contributed by atoms with van der Waals surface area (Å²) in [6.07, 6.45) is 2.66. The van der Waals surface area contributed by atoms with Gasteiger partial charge in [-0.1, -0.05) is 18.2 Å². The van der Waals surface area contributed by atoms with E-state index in [1.165, 1.54) is 12.6 Å².